The molecule has 1 rings (SSSR count). The van der Waals surface area contributed by atoms with Crippen molar-refractivity contribution in [3.63, 3.8) is 0 Å². The van der Waals surface area contributed by atoms with Crippen LogP contribution < -0.4 is 10.6 Å². The van der Waals surface area contributed by atoms with Crippen molar-refractivity contribution in [1.29, 1.82) is 0 Å². The Balaban J connectivity index is 2.04. The zero-order valence-electron chi connectivity index (χ0n) is 4.28. The van der Waals surface area contributed by atoms with Crippen molar-refractivity contribution in [2.75, 3.05) is 13.1 Å². The third-order valence-electron chi connectivity index (χ3n) is 0.961. The van der Waals surface area contributed by atoms with Gasteiger partial charge in [0.15, 0.2) is 0 Å². The first-order valence-corrected chi connectivity index (χ1v) is 2.62. The Bertz CT molecular complexity index is 25.7. The van der Waals surface area contributed by atoms with Gasteiger partial charge >= 0.3 is 0 Å². The molecule has 0 unspecified atom stereocenters. The standard InChI is InChI=1S/C5H10N2/c1-2-6-4-5-7-3-1/h4-7H,1-3H2. The molecule has 1 fully saturated rings. The van der Waals surface area contributed by atoms with Gasteiger partial charge in [-0.15, -0.1) is 0 Å². The lowest BCUT2D eigenvalue weighted by Crippen LogP contribution is -2.09. The lowest BCUT2D eigenvalue weighted by Gasteiger charge is -1.90. The van der Waals surface area contributed by atoms with E-state index in [-0.39, 0.29) is 0 Å². The van der Waals surface area contributed by atoms with E-state index in [9.17, 15) is 0 Å². The second-order valence-electron chi connectivity index (χ2n) is 1.60. The van der Waals surface area contributed by atoms with Crippen LogP contribution in [0.25, 0.3) is 0 Å². The number of rotatable bonds is 0. The first kappa shape index (κ1) is 5.06. The van der Waals surface area contributed by atoms with Crippen LogP contribution in [-0.2, 0) is 0 Å². The molecule has 40 valence electrons. The minimum absolute atomic E-state index is 1.10. The van der Waals surface area contributed by atoms with Gasteiger partial charge in [0.05, 0.1) is 0 Å². The first-order valence-electron chi connectivity index (χ1n) is 2.62. The second kappa shape index (κ2) is 2.99. The normalized spacial score (nSPS) is 24.0. The van der Waals surface area contributed by atoms with E-state index < -0.39 is 0 Å². The van der Waals surface area contributed by atoms with Crippen molar-refractivity contribution in [3.8, 4) is 0 Å². The fraction of sp³-hybridized carbons (Fsp3) is 0.600. The van der Waals surface area contributed by atoms with E-state index in [1.807, 2.05) is 13.1 Å². The van der Waals surface area contributed by atoms with Gasteiger partial charge in [0.25, 0.3) is 0 Å². The largest absolute Gasteiger partial charge is 0.311 e. The first-order chi connectivity index (χ1) is 3.50. The number of nitrogens with one attached hydrogen (secondary N) is 2. The van der Waals surface area contributed by atoms with Crippen LogP contribution in [0.3, 0.4) is 0 Å². The molecule has 0 amide bonds. The lowest BCUT2D eigenvalue weighted by atomic mass is 10.4. The monoisotopic (exact) mass is 98.1 g/mol. The van der Waals surface area contributed by atoms with Gasteiger partial charge in [-0.1, -0.05) is 0 Å². The Kier molecular flexibility index (Phi) is 2.17. The highest BCUT2D eigenvalue weighted by Gasteiger charge is 1.93. The third-order valence-corrected chi connectivity index (χ3v) is 0.961. The molecule has 1 aliphatic heterocycles. The Morgan fingerprint density at radius 3 is 2.14 bits per heavy atom. The topological polar surface area (TPSA) is 24.1 Å². The van der Waals surface area contributed by atoms with Crippen molar-refractivity contribution < 1.29 is 0 Å². The Hall–Kier alpha value is -0.0800. The van der Waals surface area contributed by atoms with Gasteiger partial charge < -0.3 is 10.6 Å². The molecular weight excluding hydrogens is 88.1 g/mol. The van der Waals surface area contributed by atoms with Crippen LogP contribution in [0.4, 0.5) is 0 Å². The van der Waals surface area contributed by atoms with E-state index >= 15 is 0 Å². The molecule has 1 aliphatic rings. The summed E-state index contributed by atoms with van der Waals surface area (Å²) in [5.41, 5.74) is 0. The van der Waals surface area contributed by atoms with Gasteiger partial charge in [-0.2, -0.15) is 0 Å². The van der Waals surface area contributed by atoms with Gasteiger partial charge in [0.1, 0.15) is 0 Å². The summed E-state index contributed by atoms with van der Waals surface area (Å²) < 4.78 is 0. The SMILES string of the molecule is [CH]1[CH]NCCCN1. The van der Waals surface area contributed by atoms with Crippen LogP contribution in [0.15, 0.2) is 0 Å². The summed E-state index contributed by atoms with van der Waals surface area (Å²) in [5, 5.41) is 6.21. The van der Waals surface area contributed by atoms with Gasteiger partial charge in [0, 0.05) is 13.1 Å². The molecule has 2 nitrogen and oxygen atoms in total. The summed E-state index contributed by atoms with van der Waals surface area (Å²) in [7, 11) is 0. The average Bonchev–Trinajstić information content (AvgIpc) is 1.90. The van der Waals surface area contributed by atoms with Gasteiger partial charge in [-0.3, -0.25) is 0 Å². The molecule has 0 atom stereocenters. The van der Waals surface area contributed by atoms with E-state index in [1.54, 1.807) is 0 Å². The lowest BCUT2D eigenvalue weighted by molar-refractivity contribution is 0.744. The van der Waals surface area contributed by atoms with Gasteiger partial charge in [-0.05, 0) is 19.5 Å². The van der Waals surface area contributed by atoms with Crippen LogP contribution in [0.5, 0.6) is 0 Å². The van der Waals surface area contributed by atoms with E-state index in [2.05, 4.69) is 10.6 Å². The smallest absolute Gasteiger partial charge is 0.0407 e. The maximum atomic E-state index is 3.10. The van der Waals surface area contributed by atoms with E-state index in [1.165, 1.54) is 6.42 Å². The van der Waals surface area contributed by atoms with Gasteiger partial charge in [-0.25, -0.2) is 0 Å². The van der Waals surface area contributed by atoms with Crippen LogP contribution in [0.2, 0.25) is 0 Å². The molecule has 0 spiro atoms. The number of hydrogen-bond acceptors (Lipinski definition) is 2. The maximum Gasteiger partial charge on any atom is 0.0407 e. The van der Waals surface area contributed by atoms with Gasteiger partial charge in [0.2, 0.25) is 0 Å². The van der Waals surface area contributed by atoms with Crippen molar-refractivity contribution in [2.45, 2.75) is 6.42 Å². The van der Waals surface area contributed by atoms with E-state index in [4.69, 9.17) is 0 Å². The molecule has 2 N–H and O–H groups in total. The van der Waals surface area contributed by atoms with Crippen molar-refractivity contribution >= 4 is 0 Å². The fourth-order valence-electron chi connectivity index (χ4n) is 0.577. The minimum atomic E-state index is 1.10. The number of hydrogen-bond donors (Lipinski definition) is 2. The summed E-state index contributed by atoms with van der Waals surface area (Å²) in [6.45, 7) is 6.08. The molecule has 7 heavy (non-hydrogen) atoms. The summed E-state index contributed by atoms with van der Waals surface area (Å²) in [4.78, 5) is 0. The summed E-state index contributed by atoms with van der Waals surface area (Å²) in [6.07, 6.45) is 1.22. The highest BCUT2D eigenvalue weighted by molar-refractivity contribution is 4.81. The highest BCUT2D eigenvalue weighted by atomic mass is 15.0. The molecule has 2 heteroatoms. The molecule has 0 aliphatic carbocycles. The van der Waals surface area contributed by atoms with Crippen molar-refractivity contribution in [3.05, 3.63) is 13.1 Å². The molecular formula is C5H10N2. The Morgan fingerprint density at radius 2 is 1.57 bits per heavy atom. The Morgan fingerprint density at radius 1 is 1.00 bits per heavy atom. The van der Waals surface area contributed by atoms with Crippen LogP contribution in [0.1, 0.15) is 6.42 Å². The van der Waals surface area contributed by atoms with Crippen molar-refractivity contribution in [2.24, 2.45) is 0 Å². The van der Waals surface area contributed by atoms with Crippen LogP contribution in [0, 0.1) is 13.1 Å². The molecule has 2 radical (unpaired) electrons. The molecule has 0 aromatic carbocycles. The zero-order chi connectivity index (χ0) is 4.95. The molecule has 1 saturated heterocycles. The summed E-state index contributed by atoms with van der Waals surface area (Å²) in [6, 6.07) is 0. The minimum Gasteiger partial charge on any atom is -0.311 e. The predicted molar refractivity (Wildman–Crippen MR) is 29.2 cm³/mol. The summed E-state index contributed by atoms with van der Waals surface area (Å²) in [5.74, 6) is 0. The molecule has 0 bridgehead atoms. The third kappa shape index (κ3) is 1.90. The molecule has 1 heterocycles. The highest BCUT2D eigenvalue weighted by Crippen LogP contribution is 1.83. The Labute approximate surface area is 44.3 Å². The second-order valence-corrected chi connectivity index (χ2v) is 1.60. The molecule has 0 saturated carbocycles. The van der Waals surface area contributed by atoms with Crippen LogP contribution >= 0.6 is 0 Å². The fourth-order valence-corrected chi connectivity index (χ4v) is 0.577. The van der Waals surface area contributed by atoms with Crippen LogP contribution in [-0.4, -0.2) is 13.1 Å². The molecule has 0 aromatic heterocycles. The van der Waals surface area contributed by atoms with Crippen molar-refractivity contribution in [1.82, 2.24) is 10.6 Å². The quantitative estimate of drug-likeness (QED) is 0.442. The summed E-state index contributed by atoms with van der Waals surface area (Å²) >= 11 is 0. The van der Waals surface area contributed by atoms with E-state index in [0.29, 0.717) is 0 Å². The van der Waals surface area contributed by atoms with E-state index in [0.717, 1.165) is 13.1 Å². The molecule has 0 aromatic rings. The average molecular weight is 98.1 g/mol. The maximum absolute atomic E-state index is 3.10. The predicted octanol–water partition coefficient (Wildman–Crippen LogP) is -0.107. The zero-order valence-corrected chi connectivity index (χ0v) is 4.28.